The molecule has 0 saturated carbocycles. The lowest BCUT2D eigenvalue weighted by Crippen LogP contribution is -2.31. The smallest absolute Gasteiger partial charge is 0.244 e. The highest BCUT2D eigenvalue weighted by Gasteiger charge is 2.07. The van der Waals surface area contributed by atoms with Gasteiger partial charge in [0.2, 0.25) is 6.33 Å². The van der Waals surface area contributed by atoms with Gasteiger partial charge in [0.05, 0.1) is 11.2 Å². The minimum absolute atomic E-state index is 0.773. The first-order chi connectivity index (χ1) is 13.3. The number of hydrogen-bond acceptors (Lipinski definition) is 1. The molecule has 0 N–H and O–H groups in total. The number of imidazole rings is 1. The van der Waals surface area contributed by atoms with Crippen molar-refractivity contribution in [2.24, 2.45) is 0 Å². The average Bonchev–Trinajstić information content (AvgIpc) is 3.14. The Hall–Kier alpha value is -3.46. The van der Waals surface area contributed by atoms with Crippen LogP contribution in [0.15, 0.2) is 97.6 Å². The zero-order chi connectivity index (χ0) is 18.1. The van der Waals surface area contributed by atoms with Gasteiger partial charge in [-0.15, -0.1) is 0 Å². The van der Waals surface area contributed by atoms with Crippen LogP contribution in [0.2, 0.25) is 0 Å². The molecule has 3 heteroatoms. The van der Waals surface area contributed by atoms with Crippen LogP contribution in [-0.2, 0) is 13.1 Å². The first-order valence-electron chi connectivity index (χ1n) is 9.21. The Morgan fingerprint density at radius 3 is 2.48 bits per heavy atom. The van der Waals surface area contributed by atoms with Crippen LogP contribution in [-0.4, -0.2) is 9.55 Å². The van der Waals surface area contributed by atoms with Crippen LogP contribution in [0.3, 0.4) is 0 Å². The van der Waals surface area contributed by atoms with Crippen molar-refractivity contribution in [3.8, 4) is 0 Å². The Bertz CT molecular complexity index is 1140. The second-order valence-electron chi connectivity index (χ2n) is 6.94. The van der Waals surface area contributed by atoms with Crippen LogP contribution in [0.25, 0.3) is 21.7 Å². The molecule has 2 heterocycles. The zero-order valence-corrected chi connectivity index (χ0v) is 15.0. The van der Waals surface area contributed by atoms with E-state index in [0.717, 1.165) is 24.3 Å². The fourth-order valence-corrected chi connectivity index (χ4v) is 3.56. The van der Waals surface area contributed by atoms with E-state index in [-0.39, 0.29) is 0 Å². The number of hydrogen-bond donors (Lipinski definition) is 0. The fraction of sp³-hybridized carbons (Fsp3) is 0.0833. The molecular weight excluding hydrogens is 330 g/mol. The molecule has 3 nitrogen and oxygen atoms in total. The molecule has 0 aliphatic heterocycles. The van der Waals surface area contributed by atoms with Crippen molar-refractivity contribution in [1.29, 1.82) is 0 Å². The Balaban J connectivity index is 1.35. The highest BCUT2D eigenvalue weighted by atomic mass is 15.1. The first-order valence-corrected chi connectivity index (χ1v) is 9.21. The summed E-state index contributed by atoms with van der Waals surface area (Å²) in [5.74, 6) is 0. The summed E-state index contributed by atoms with van der Waals surface area (Å²) in [4.78, 5) is 4.77. The Kier molecular flexibility index (Phi) is 3.91. The van der Waals surface area contributed by atoms with Crippen molar-refractivity contribution in [2.45, 2.75) is 13.1 Å². The summed E-state index contributed by atoms with van der Waals surface area (Å²) in [5, 5.41) is 3.75. The van der Waals surface area contributed by atoms with Gasteiger partial charge in [0.25, 0.3) is 0 Å². The molecular formula is C24H20N3+. The lowest BCUT2D eigenvalue weighted by atomic mass is 10.1. The average molecular weight is 350 g/mol. The Morgan fingerprint density at radius 1 is 0.778 bits per heavy atom. The monoisotopic (exact) mass is 350 g/mol. The number of nitrogens with zero attached hydrogens (tertiary/aromatic N) is 3. The number of para-hydroxylation sites is 1. The Morgan fingerprint density at radius 2 is 1.56 bits per heavy atom. The van der Waals surface area contributed by atoms with E-state index in [0.29, 0.717) is 0 Å². The van der Waals surface area contributed by atoms with Gasteiger partial charge >= 0.3 is 0 Å². The fourth-order valence-electron chi connectivity index (χ4n) is 3.56. The summed E-state index contributed by atoms with van der Waals surface area (Å²) in [6.45, 7) is 1.64. The van der Waals surface area contributed by atoms with Crippen LogP contribution in [0.4, 0.5) is 0 Å². The second-order valence-corrected chi connectivity index (χ2v) is 6.94. The molecule has 130 valence electrons. The zero-order valence-electron chi connectivity index (χ0n) is 15.0. The van der Waals surface area contributed by atoms with Crippen LogP contribution >= 0.6 is 0 Å². The minimum Gasteiger partial charge on any atom is -0.249 e. The summed E-state index contributed by atoms with van der Waals surface area (Å²) >= 11 is 0. The summed E-state index contributed by atoms with van der Waals surface area (Å²) in [6, 6.07) is 27.7. The normalized spacial score (nSPS) is 11.3. The molecule has 0 bridgehead atoms. The van der Waals surface area contributed by atoms with E-state index in [1.54, 1.807) is 0 Å². The molecule has 5 aromatic rings. The van der Waals surface area contributed by atoms with Crippen molar-refractivity contribution in [3.63, 3.8) is 0 Å². The Labute approximate surface area is 158 Å². The highest BCUT2D eigenvalue weighted by Crippen LogP contribution is 2.15. The van der Waals surface area contributed by atoms with Crippen molar-refractivity contribution >= 4 is 21.7 Å². The molecule has 0 saturated heterocycles. The van der Waals surface area contributed by atoms with E-state index in [2.05, 4.69) is 94.6 Å². The van der Waals surface area contributed by atoms with E-state index in [9.17, 15) is 0 Å². The molecule has 5 rings (SSSR count). The van der Waals surface area contributed by atoms with Crippen LogP contribution in [0.5, 0.6) is 0 Å². The van der Waals surface area contributed by atoms with Crippen LogP contribution < -0.4 is 4.57 Å². The lowest BCUT2D eigenvalue weighted by molar-refractivity contribution is -0.687. The summed E-state index contributed by atoms with van der Waals surface area (Å²) < 4.78 is 4.39. The van der Waals surface area contributed by atoms with Gasteiger partial charge in [-0.25, -0.2) is 14.1 Å². The first kappa shape index (κ1) is 15.8. The van der Waals surface area contributed by atoms with E-state index in [1.165, 1.54) is 21.7 Å². The van der Waals surface area contributed by atoms with E-state index >= 15 is 0 Å². The van der Waals surface area contributed by atoms with Gasteiger partial charge in [0.15, 0.2) is 0 Å². The minimum atomic E-state index is 0.773. The lowest BCUT2D eigenvalue weighted by Gasteiger charge is -2.02. The highest BCUT2D eigenvalue weighted by molar-refractivity contribution is 5.83. The van der Waals surface area contributed by atoms with Crippen molar-refractivity contribution in [1.82, 2.24) is 9.55 Å². The van der Waals surface area contributed by atoms with E-state index in [1.807, 2.05) is 12.1 Å². The predicted octanol–water partition coefficient (Wildman–Crippen LogP) is 4.57. The molecule has 0 atom stereocenters. The predicted molar refractivity (Wildman–Crippen MR) is 109 cm³/mol. The molecule has 2 aromatic heterocycles. The maximum atomic E-state index is 4.77. The van der Waals surface area contributed by atoms with Crippen LogP contribution in [0.1, 0.15) is 11.3 Å². The van der Waals surface area contributed by atoms with Gasteiger partial charge in [0, 0.05) is 5.39 Å². The van der Waals surface area contributed by atoms with Crippen molar-refractivity contribution in [3.05, 3.63) is 109 Å². The molecule has 0 aliphatic rings. The quantitative estimate of drug-likeness (QED) is 0.435. The van der Waals surface area contributed by atoms with Crippen molar-refractivity contribution in [2.75, 3.05) is 0 Å². The summed E-state index contributed by atoms with van der Waals surface area (Å²) in [6.07, 6.45) is 6.38. The largest absolute Gasteiger partial charge is 0.249 e. The SMILES string of the molecule is c1ccc2cc(C[n+]3ccn(Cc4ccc5ccccc5n4)c3)ccc2c1. The van der Waals surface area contributed by atoms with E-state index in [4.69, 9.17) is 4.98 Å². The maximum Gasteiger partial charge on any atom is 0.244 e. The number of benzene rings is 3. The summed E-state index contributed by atoms with van der Waals surface area (Å²) in [5.41, 5.74) is 3.42. The number of rotatable bonds is 4. The molecule has 0 radical (unpaired) electrons. The number of pyridine rings is 1. The van der Waals surface area contributed by atoms with Gasteiger partial charge < -0.3 is 0 Å². The number of fused-ring (bicyclic) bond motifs is 2. The van der Waals surface area contributed by atoms with Gasteiger partial charge in [-0.1, -0.05) is 60.7 Å². The summed E-state index contributed by atoms with van der Waals surface area (Å²) in [7, 11) is 0. The van der Waals surface area contributed by atoms with Gasteiger partial charge in [-0.3, -0.25) is 0 Å². The molecule has 3 aromatic carbocycles. The molecule has 0 fully saturated rings. The third-order valence-corrected chi connectivity index (χ3v) is 4.93. The topological polar surface area (TPSA) is 21.7 Å². The third kappa shape index (κ3) is 3.32. The van der Waals surface area contributed by atoms with Gasteiger partial charge in [0.1, 0.15) is 25.5 Å². The molecule has 0 unspecified atom stereocenters. The molecule has 0 amide bonds. The van der Waals surface area contributed by atoms with E-state index < -0.39 is 0 Å². The van der Waals surface area contributed by atoms with Gasteiger partial charge in [-0.05, 0) is 34.5 Å². The maximum absolute atomic E-state index is 4.77. The number of aromatic nitrogens is 3. The standard InChI is InChI=1S/C24H20N3/c1-2-7-22-15-19(9-10-20(22)5-1)16-26-13-14-27(18-26)17-23-12-11-21-6-3-4-8-24(21)25-23/h1-15,18H,16-17H2/q+1. The molecule has 0 spiro atoms. The van der Waals surface area contributed by atoms with Crippen LogP contribution in [0, 0.1) is 0 Å². The molecule has 27 heavy (non-hydrogen) atoms. The van der Waals surface area contributed by atoms with Crippen molar-refractivity contribution < 1.29 is 4.57 Å². The van der Waals surface area contributed by atoms with Gasteiger partial charge in [-0.2, -0.15) is 0 Å². The second kappa shape index (κ2) is 6.69. The molecule has 0 aliphatic carbocycles. The third-order valence-electron chi connectivity index (χ3n) is 4.93.